The number of aromatic nitrogens is 1. The summed E-state index contributed by atoms with van der Waals surface area (Å²) in [5.74, 6) is 0.738. The smallest absolute Gasteiger partial charge is 0.231 e. The summed E-state index contributed by atoms with van der Waals surface area (Å²) in [6, 6.07) is 15.7. The summed E-state index contributed by atoms with van der Waals surface area (Å²) in [6.45, 7) is 2.28. The van der Waals surface area contributed by atoms with Gasteiger partial charge in [-0.25, -0.2) is 4.98 Å². The van der Waals surface area contributed by atoms with Gasteiger partial charge in [-0.05, 0) is 49.4 Å². The molecule has 0 aliphatic heterocycles. The van der Waals surface area contributed by atoms with E-state index in [1.54, 1.807) is 24.3 Å². The Hall–Kier alpha value is -3.32. The van der Waals surface area contributed by atoms with Crippen LogP contribution in [0, 0.1) is 0 Å². The van der Waals surface area contributed by atoms with Gasteiger partial charge in [0.25, 0.3) is 0 Å². The van der Waals surface area contributed by atoms with E-state index in [4.69, 9.17) is 9.15 Å². The third kappa shape index (κ3) is 3.95. The summed E-state index contributed by atoms with van der Waals surface area (Å²) in [5.41, 5.74) is 2.85. The highest BCUT2D eigenvalue weighted by molar-refractivity contribution is 9.10. The van der Waals surface area contributed by atoms with Crippen LogP contribution in [0.15, 0.2) is 68.5 Å². The maximum Gasteiger partial charge on any atom is 0.231 e. The predicted molar refractivity (Wildman–Crippen MR) is 115 cm³/mol. The lowest BCUT2D eigenvalue weighted by molar-refractivity contribution is 0.317. The Kier molecular flexibility index (Phi) is 5.22. The molecule has 0 spiro atoms. The van der Waals surface area contributed by atoms with Crippen LogP contribution in [0.2, 0.25) is 0 Å². The number of halogens is 1. The number of phenols is 2. The average Bonchev–Trinajstić information content (AvgIpc) is 3.14. The van der Waals surface area contributed by atoms with Crippen LogP contribution >= 0.6 is 15.9 Å². The van der Waals surface area contributed by atoms with Crippen molar-refractivity contribution in [1.82, 2.24) is 4.98 Å². The molecule has 0 bridgehead atoms. The van der Waals surface area contributed by atoms with Crippen molar-refractivity contribution < 1.29 is 19.4 Å². The van der Waals surface area contributed by atoms with Gasteiger partial charge >= 0.3 is 0 Å². The molecular formula is C22H17BrN2O4. The van der Waals surface area contributed by atoms with Crippen LogP contribution in [-0.4, -0.2) is 28.0 Å². The molecule has 4 rings (SSSR count). The maximum atomic E-state index is 10.4. The molecule has 0 amide bonds. The summed E-state index contributed by atoms with van der Waals surface area (Å²) in [4.78, 5) is 8.84. The Bertz CT molecular complexity index is 1180. The summed E-state index contributed by atoms with van der Waals surface area (Å²) < 4.78 is 11.9. The Balaban J connectivity index is 1.69. The van der Waals surface area contributed by atoms with Crippen molar-refractivity contribution in [3.05, 3.63) is 64.6 Å². The predicted octanol–water partition coefficient (Wildman–Crippen LogP) is 5.82. The monoisotopic (exact) mass is 452 g/mol. The molecule has 0 saturated carbocycles. The molecule has 3 aromatic carbocycles. The first kappa shape index (κ1) is 19.0. The highest BCUT2D eigenvalue weighted by atomic mass is 79.9. The fourth-order valence-electron chi connectivity index (χ4n) is 2.87. The number of hydrogen-bond donors (Lipinski definition) is 2. The lowest BCUT2D eigenvalue weighted by Gasteiger charge is -2.08. The zero-order valence-electron chi connectivity index (χ0n) is 15.5. The fourth-order valence-corrected chi connectivity index (χ4v) is 3.32. The molecule has 6 nitrogen and oxygen atoms in total. The van der Waals surface area contributed by atoms with Crippen LogP contribution in [0.5, 0.6) is 17.2 Å². The number of ether oxygens (including phenoxy) is 1. The quantitative estimate of drug-likeness (QED) is 0.372. The molecule has 2 N–H and O–H groups in total. The van der Waals surface area contributed by atoms with E-state index >= 15 is 0 Å². The molecule has 0 aliphatic rings. The van der Waals surface area contributed by atoms with Gasteiger partial charge in [-0.1, -0.05) is 28.1 Å². The van der Waals surface area contributed by atoms with E-state index in [2.05, 4.69) is 25.9 Å². The van der Waals surface area contributed by atoms with Crippen molar-refractivity contribution >= 4 is 38.9 Å². The van der Waals surface area contributed by atoms with Gasteiger partial charge in [0, 0.05) is 16.3 Å². The van der Waals surface area contributed by atoms with Crippen molar-refractivity contribution in [2.75, 3.05) is 6.61 Å². The Labute approximate surface area is 175 Å². The van der Waals surface area contributed by atoms with Gasteiger partial charge in [0.05, 0.1) is 17.9 Å². The van der Waals surface area contributed by atoms with Gasteiger partial charge in [0.15, 0.2) is 17.1 Å². The second-order valence-corrected chi connectivity index (χ2v) is 7.14. The first-order valence-corrected chi connectivity index (χ1v) is 9.73. The zero-order chi connectivity index (χ0) is 20.4. The Morgan fingerprint density at radius 1 is 1.14 bits per heavy atom. The zero-order valence-corrected chi connectivity index (χ0v) is 17.0. The van der Waals surface area contributed by atoms with Crippen molar-refractivity contribution in [2.45, 2.75) is 6.92 Å². The van der Waals surface area contributed by atoms with E-state index in [1.165, 1.54) is 12.3 Å². The summed E-state index contributed by atoms with van der Waals surface area (Å²) in [7, 11) is 0. The van der Waals surface area contributed by atoms with Crippen molar-refractivity contribution in [3.8, 4) is 28.7 Å². The maximum absolute atomic E-state index is 10.4. The van der Waals surface area contributed by atoms with Crippen molar-refractivity contribution in [1.29, 1.82) is 0 Å². The van der Waals surface area contributed by atoms with Crippen LogP contribution < -0.4 is 4.74 Å². The van der Waals surface area contributed by atoms with Crippen LogP contribution in [0.1, 0.15) is 12.5 Å². The Morgan fingerprint density at radius 2 is 1.97 bits per heavy atom. The largest absolute Gasteiger partial charge is 0.507 e. The molecule has 0 atom stereocenters. The Morgan fingerprint density at radius 3 is 2.76 bits per heavy atom. The number of aliphatic imine (C=N–C) groups is 1. The number of phenolic OH excluding ortho intramolecular Hbond substituents is 2. The van der Waals surface area contributed by atoms with Gasteiger partial charge in [0.2, 0.25) is 5.89 Å². The molecular weight excluding hydrogens is 436 g/mol. The van der Waals surface area contributed by atoms with Crippen molar-refractivity contribution in [2.24, 2.45) is 4.99 Å². The number of benzene rings is 3. The molecule has 1 aromatic heterocycles. The summed E-state index contributed by atoms with van der Waals surface area (Å²) in [6.07, 6.45) is 1.53. The molecule has 0 radical (unpaired) electrons. The number of para-hydroxylation sites is 2. The van der Waals surface area contributed by atoms with Crippen molar-refractivity contribution in [3.63, 3.8) is 0 Å². The third-order valence-corrected chi connectivity index (χ3v) is 4.68. The molecule has 146 valence electrons. The van der Waals surface area contributed by atoms with Gasteiger partial charge in [0.1, 0.15) is 11.3 Å². The molecule has 0 fully saturated rings. The number of aromatic hydroxyl groups is 2. The van der Waals surface area contributed by atoms with E-state index in [1.807, 2.05) is 31.2 Å². The van der Waals surface area contributed by atoms with E-state index in [9.17, 15) is 10.2 Å². The van der Waals surface area contributed by atoms with Gasteiger partial charge in [-0.3, -0.25) is 4.99 Å². The number of nitrogens with zero attached hydrogens (tertiary/aromatic N) is 2. The molecule has 7 heteroatoms. The summed E-state index contributed by atoms with van der Waals surface area (Å²) in [5, 5.41) is 20.6. The highest BCUT2D eigenvalue weighted by Crippen LogP contribution is 2.35. The van der Waals surface area contributed by atoms with E-state index in [0.29, 0.717) is 46.2 Å². The molecule has 29 heavy (non-hydrogen) atoms. The third-order valence-electron chi connectivity index (χ3n) is 4.23. The highest BCUT2D eigenvalue weighted by Gasteiger charge is 2.13. The standard InChI is InChI=1S/C22H17BrN2O4/c1-2-28-20-10-14(23)9-13(21(20)27)12-24-15-7-8-18(26)16(11-15)22-25-17-5-3-4-6-19(17)29-22/h3-12,26-27H,2H2,1H3. The number of rotatable bonds is 5. The average molecular weight is 453 g/mol. The van der Waals surface area contributed by atoms with Crippen LogP contribution in [-0.2, 0) is 0 Å². The van der Waals surface area contributed by atoms with E-state index in [0.717, 1.165) is 4.47 Å². The molecule has 0 unspecified atom stereocenters. The van der Waals surface area contributed by atoms with Crippen LogP contribution in [0.4, 0.5) is 5.69 Å². The minimum atomic E-state index is 0.0109. The second kappa shape index (κ2) is 7.97. The topological polar surface area (TPSA) is 88.1 Å². The van der Waals surface area contributed by atoms with E-state index in [-0.39, 0.29) is 11.5 Å². The van der Waals surface area contributed by atoms with Gasteiger partial charge in [-0.15, -0.1) is 0 Å². The van der Waals surface area contributed by atoms with Crippen LogP contribution in [0.3, 0.4) is 0 Å². The molecule has 1 heterocycles. The number of hydrogen-bond acceptors (Lipinski definition) is 6. The second-order valence-electron chi connectivity index (χ2n) is 6.22. The molecule has 0 saturated heterocycles. The van der Waals surface area contributed by atoms with Crippen LogP contribution in [0.25, 0.3) is 22.6 Å². The lowest BCUT2D eigenvalue weighted by atomic mass is 10.1. The lowest BCUT2D eigenvalue weighted by Crippen LogP contribution is -1.94. The first-order valence-electron chi connectivity index (χ1n) is 8.93. The number of fused-ring (bicyclic) bond motifs is 1. The number of oxazole rings is 1. The minimum absolute atomic E-state index is 0.0109. The first-order chi connectivity index (χ1) is 14.0. The minimum Gasteiger partial charge on any atom is -0.507 e. The summed E-state index contributed by atoms with van der Waals surface area (Å²) >= 11 is 3.41. The van der Waals surface area contributed by atoms with Gasteiger partial charge in [-0.2, -0.15) is 0 Å². The molecule has 4 aromatic rings. The van der Waals surface area contributed by atoms with Gasteiger partial charge < -0.3 is 19.4 Å². The SMILES string of the molecule is CCOc1cc(Br)cc(C=Nc2ccc(O)c(-c3nc4ccccc4o3)c2)c1O. The normalized spacial score (nSPS) is 11.4. The fraction of sp³-hybridized carbons (Fsp3) is 0.0909. The molecule has 0 aliphatic carbocycles. The van der Waals surface area contributed by atoms with E-state index < -0.39 is 0 Å².